The van der Waals surface area contributed by atoms with Crippen LogP contribution >= 0.6 is 0 Å². The molecule has 1 aromatic carbocycles. The van der Waals surface area contributed by atoms with Gasteiger partial charge in [0.15, 0.2) is 6.79 Å². The molecule has 0 bridgehead atoms. The highest BCUT2D eigenvalue weighted by molar-refractivity contribution is 5.44. The molecule has 0 amide bonds. The lowest BCUT2D eigenvalue weighted by Gasteiger charge is -2.15. The van der Waals surface area contributed by atoms with Crippen molar-refractivity contribution < 1.29 is 14.6 Å². The van der Waals surface area contributed by atoms with E-state index in [0.29, 0.717) is 0 Å². The largest absolute Gasteiger partial charge is 0.467 e. The van der Waals surface area contributed by atoms with E-state index in [9.17, 15) is 5.11 Å². The molecule has 1 unspecified atom stereocenters. The van der Waals surface area contributed by atoms with Crippen LogP contribution in [0.25, 0.3) is 0 Å². The van der Waals surface area contributed by atoms with E-state index in [1.165, 1.54) is 0 Å². The summed E-state index contributed by atoms with van der Waals surface area (Å²) in [5.41, 5.74) is 8.19. The summed E-state index contributed by atoms with van der Waals surface area (Å²) in [6, 6.07) is 3.77. The van der Waals surface area contributed by atoms with Crippen molar-refractivity contribution in [2.45, 2.75) is 20.0 Å². The van der Waals surface area contributed by atoms with E-state index in [2.05, 4.69) is 0 Å². The number of benzene rings is 1. The molecule has 1 aromatic rings. The molecule has 0 aromatic heterocycles. The van der Waals surface area contributed by atoms with Gasteiger partial charge in [0.2, 0.25) is 0 Å². The zero-order valence-corrected chi connectivity index (χ0v) is 9.99. The first kappa shape index (κ1) is 13.0. The molecule has 0 radical (unpaired) electrons. The highest BCUT2D eigenvalue weighted by Gasteiger charge is 2.11. The molecule has 0 saturated carbocycles. The van der Waals surface area contributed by atoms with Crippen molar-refractivity contribution in [2.24, 2.45) is 5.73 Å². The minimum absolute atomic E-state index is 0.219. The Morgan fingerprint density at radius 1 is 1.31 bits per heavy atom. The predicted molar refractivity (Wildman–Crippen MR) is 62.4 cm³/mol. The third kappa shape index (κ3) is 2.95. The van der Waals surface area contributed by atoms with Crippen LogP contribution in [-0.2, 0) is 4.74 Å². The number of ether oxygens (including phenoxy) is 2. The van der Waals surface area contributed by atoms with Crippen molar-refractivity contribution in [3.05, 3.63) is 28.8 Å². The van der Waals surface area contributed by atoms with Gasteiger partial charge in [-0.1, -0.05) is 0 Å². The van der Waals surface area contributed by atoms with Crippen LogP contribution < -0.4 is 10.5 Å². The minimum Gasteiger partial charge on any atom is -0.467 e. The molecule has 0 fully saturated rings. The molecular weight excluding hydrogens is 206 g/mol. The second kappa shape index (κ2) is 5.84. The summed E-state index contributed by atoms with van der Waals surface area (Å²) >= 11 is 0. The van der Waals surface area contributed by atoms with Crippen molar-refractivity contribution in [2.75, 3.05) is 20.4 Å². The average molecular weight is 225 g/mol. The summed E-state index contributed by atoms with van der Waals surface area (Å²) in [6.07, 6.45) is -0.617. The molecule has 0 spiro atoms. The molecule has 0 heterocycles. The molecule has 0 saturated heterocycles. The topological polar surface area (TPSA) is 64.7 Å². The van der Waals surface area contributed by atoms with Crippen LogP contribution in [0.5, 0.6) is 5.75 Å². The number of rotatable bonds is 5. The quantitative estimate of drug-likeness (QED) is 0.741. The molecule has 1 atom stereocenters. The van der Waals surface area contributed by atoms with Crippen molar-refractivity contribution in [3.8, 4) is 5.75 Å². The Labute approximate surface area is 96.0 Å². The molecular formula is C12H19NO3. The second-order valence-corrected chi connectivity index (χ2v) is 3.79. The lowest BCUT2D eigenvalue weighted by molar-refractivity contribution is 0.0500. The molecule has 4 heteroatoms. The number of methoxy groups -OCH3 is 1. The Morgan fingerprint density at radius 3 is 2.31 bits per heavy atom. The summed E-state index contributed by atoms with van der Waals surface area (Å²) in [5, 5.41) is 9.65. The number of aliphatic hydroxyl groups is 1. The summed E-state index contributed by atoms with van der Waals surface area (Å²) in [5.74, 6) is 0.801. The normalized spacial score (nSPS) is 12.6. The highest BCUT2D eigenvalue weighted by Crippen LogP contribution is 2.27. The van der Waals surface area contributed by atoms with Gasteiger partial charge in [-0.3, -0.25) is 0 Å². The van der Waals surface area contributed by atoms with E-state index >= 15 is 0 Å². The number of hydrogen-bond acceptors (Lipinski definition) is 4. The summed E-state index contributed by atoms with van der Waals surface area (Å²) in [4.78, 5) is 0. The van der Waals surface area contributed by atoms with Gasteiger partial charge < -0.3 is 20.3 Å². The van der Waals surface area contributed by atoms with Gasteiger partial charge in [-0.15, -0.1) is 0 Å². The Hall–Kier alpha value is -1.10. The second-order valence-electron chi connectivity index (χ2n) is 3.79. The SMILES string of the molecule is COCOc1c(C)cc(C(O)CN)cc1C. The smallest absolute Gasteiger partial charge is 0.188 e. The van der Waals surface area contributed by atoms with Crippen molar-refractivity contribution >= 4 is 0 Å². The lowest BCUT2D eigenvalue weighted by atomic mass is 10.0. The monoisotopic (exact) mass is 225 g/mol. The maximum atomic E-state index is 9.65. The van der Waals surface area contributed by atoms with E-state index in [1.54, 1.807) is 7.11 Å². The van der Waals surface area contributed by atoms with Crippen molar-refractivity contribution in [3.63, 3.8) is 0 Å². The Morgan fingerprint density at radius 2 is 1.88 bits per heavy atom. The number of nitrogens with two attached hydrogens (primary N) is 1. The maximum absolute atomic E-state index is 9.65. The number of hydrogen-bond donors (Lipinski definition) is 2. The molecule has 16 heavy (non-hydrogen) atoms. The van der Waals surface area contributed by atoms with Gasteiger partial charge in [0, 0.05) is 13.7 Å². The minimum atomic E-state index is -0.617. The zero-order valence-electron chi connectivity index (χ0n) is 9.99. The molecule has 3 N–H and O–H groups in total. The Bertz CT molecular complexity index is 329. The van der Waals surface area contributed by atoms with Crippen LogP contribution in [0.1, 0.15) is 22.8 Å². The molecule has 0 aliphatic carbocycles. The van der Waals surface area contributed by atoms with Crippen LogP contribution in [0.3, 0.4) is 0 Å². The summed E-state index contributed by atoms with van der Waals surface area (Å²) < 4.78 is 10.3. The number of aliphatic hydroxyl groups excluding tert-OH is 1. The first-order valence-corrected chi connectivity index (χ1v) is 5.21. The van der Waals surface area contributed by atoms with Gasteiger partial charge in [-0.2, -0.15) is 0 Å². The van der Waals surface area contributed by atoms with E-state index in [0.717, 1.165) is 22.4 Å². The molecule has 4 nitrogen and oxygen atoms in total. The van der Waals surface area contributed by atoms with Gasteiger partial charge in [-0.05, 0) is 42.7 Å². The van der Waals surface area contributed by atoms with Gasteiger partial charge >= 0.3 is 0 Å². The van der Waals surface area contributed by atoms with E-state index in [1.807, 2.05) is 26.0 Å². The lowest BCUT2D eigenvalue weighted by Crippen LogP contribution is -2.12. The van der Waals surface area contributed by atoms with Crippen LogP contribution in [0.4, 0.5) is 0 Å². The van der Waals surface area contributed by atoms with Gasteiger partial charge in [0.1, 0.15) is 5.75 Å². The summed E-state index contributed by atoms with van der Waals surface area (Å²) in [7, 11) is 1.58. The number of aryl methyl sites for hydroxylation is 2. The Balaban J connectivity index is 2.97. The van der Waals surface area contributed by atoms with Gasteiger partial charge in [-0.25, -0.2) is 0 Å². The van der Waals surface area contributed by atoms with E-state index in [-0.39, 0.29) is 13.3 Å². The molecule has 0 aliphatic rings. The standard InChI is InChI=1S/C12H19NO3/c1-8-4-10(11(14)6-13)5-9(2)12(8)16-7-15-3/h4-5,11,14H,6-7,13H2,1-3H3. The third-order valence-electron chi connectivity index (χ3n) is 2.41. The zero-order chi connectivity index (χ0) is 12.1. The fourth-order valence-electron chi connectivity index (χ4n) is 1.66. The van der Waals surface area contributed by atoms with Crippen LogP contribution in [0, 0.1) is 13.8 Å². The first-order valence-electron chi connectivity index (χ1n) is 5.21. The molecule has 1 rings (SSSR count). The third-order valence-corrected chi connectivity index (χ3v) is 2.41. The summed E-state index contributed by atoms with van der Waals surface area (Å²) in [6.45, 7) is 4.31. The predicted octanol–water partition coefficient (Wildman–Crippen LogP) is 1.28. The van der Waals surface area contributed by atoms with Gasteiger partial charge in [0.25, 0.3) is 0 Å². The fraction of sp³-hybridized carbons (Fsp3) is 0.500. The van der Waals surface area contributed by atoms with Crippen LogP contribution in [0.2, 0.25) is 0 Å². The fourth-order valence-corrected chi connectivity index (χ4v) is 1.66. The Kier molecular flexibility index (Phi) is 4.73. The van der Waals surface area contributed by atoms with E-state index in [4.69, 9.17) is 15.2 Å². The molecule has 0 aliphatic heterocycles. The van der Waals surface area contributed by atoms with Crippen molar-refractivity contribution in [1.82, 2.24) is 0 Å². The van der Waals surface area contributed by atoms with Crippen LogP contribution in [0.15, 0.2) is 12.1 Å². The first-order chi connectivity index (χ1) is 7.60. The van der Waals surface area contributed by atoms with Gasteiger partial charge in [0.05, 0.1) is 6.10 Å². The van der Waals surface area contributed by atoms with Crippen LogP contribution in [-0.4, -0.2) is 25.6 Å². The average Bonchev–Trinajstić information content (AvgIpc) is 2.26. The highest BCUT2D eigenvalue weighted by atomic mass is 16.7. The van der Waals surface area contributed by atoms with E-state index < -0.39 is 6.10 Å². The molecule has 90 valence electrons. The maximum Gasteiger partial charge on any atom is 0.188 e. The van der Waals surface area contributed by atoms with Crippen molar-refractivity contribution in [1.29, 1.82) is 0 Å².